The van der Waals surface area contributed by atoms with Gasteiger partial charge in [0.25, 0.3) is 0 Å². The monoisotopic (exact) mass is 280 g/mol. The second-order valence-corrected chi connectivity index (χ2v) is 4.93. The van der Waals surface area contributed by atoms with Crippen LogP contribution >= 0.6 is 0 Å². The van der Waals surface area contributed by atoms with Crippen molar-refractivity contribution in [3.8, 4) is 0 Å². The summed E-state index contributed by atoms with van der Waals surface area (Å²) >= 11 is 0. The average Bonchev–Trinajstić information content (AvgIpc) is 2.47. The predicted octanol–water partition coefficient (Wildman–Crippen LogP) is 1.62. The van der Waals surface area contributed by atoms with Crippen LogP contribution < -0.4 is 16.2 Å². The molecule has 0 radical (unpaired) electrons. The third kappa shape index (κ3) is 2.83. The van der Waals surface area contributed by atoms with Gasteiger partial charge in [-0.2, -0.15) is 0 Å². The number of anilines is 2. The van der Waals surface area contributed by atoms with Crippen LogP contribution in [0.15, 0.2) is 18.2 Å². The van der Waals surface area contributed by atoms with Crippen molar-refractivity contribution in [2.75, 3.05) is 23.5 Å². The number of nitrogens with zero attached hydrogens (tertiary/aromatic N) is 2. The van der Waals surface area contributed by atoms with Gasteiger partial charge in [-0.3, -0.25) is 16.0 Å². The number of nitro benzene ring substituents is 1. The number of nitro groups is 1. The molecular weight excluding hydrogens is 260 g/mol. The van der Waals surface area contributed by atoms with E-state index in [0.29, 0.717) is 17.8 Å². The molecule has 2 rings (SSSR count). The topological polar surface area (TPSA) is 105 Å². The standard InChI is InChI=1S/C13H20N4O3/c14-15-11-5-3-6-12(13(11)17(19)20)16-8-2-1-4-10(16)7-9-18/h3,5-6,10,15,18H,1-2,4,7-9,14H2. The maximum atomic E-state index is 11.3. The summed E-state index contributed by atoms with van der Waals surface area (Å²) in [6.45, 7) is 0.851. The van der Waals surface area contributed by atoms with Crippen molar-refractivity contribution in [2.45, 2.75) is 31.7 Å². The molecule has 1 unspecified atom stereocenters. The molecule has 0 amide bonds. The number of nitrogens with one attached hydrogen (secondary N) is 1. The van der Waals surface area contributed by atoms with Crippen LogP contribution in [0.3, 0.4) is 0 Å². The number of rotatable bonds is 5. The Kier molecular flexibility index (Phi) is 4.75. The third-order valence-electron chi connectivity index (χ3n) is 3.75. The minimum Gasteiger partial charge on any atom is -0.396 e. The van der Waals surface area contributed by atoms with Crippen molar-refractivity contribution >= 4 is 17.1 Å². The van der Waals surface area contributed by atoms with Gasteiger partial charge in [0.15, 0.2) is 0 Å². The maximum Gasteiger partial charge on any atom is 0.316 e. The van der Waals surface area contributed by atoms with Gasteiger partial charge in [-0.1, -0.05) is 6.07 Å². The number of aliphatic hydroxyl groups is 1. The third-order valence-corrected chi connectivity index (χ3v) is 3.75. The molecule has 0 spiro atoms. The quantitative estimate of drug-likeness (QED) is 0.430. The van der Waals surface area contributed by atoms with E-state index in [2.05, 4.69) is 5.43 Å². The second kappa shape index (κ2) is 6.53. The Balaban J connectivity index is 2.41. The van der Waals surface area contributed by atoms with Crippen LogP contribution in [0, 0.1) is 10.1 Å². The van der Waals surface area contributed by atoms with Gasteiger partial charge < -0.3 is 15.4 Å². The summed E-state index contributed by atoms with van der Waals surface area (Å²) < 4.78 is 0. The molecule has 110 valence electrons. The molecule has 20 heavy (non-hydrogen) atoms. The van der Waals surface area contributed by atoms with Gasteiger partial charge in [-0.05, 0) is 37.8 Å². The summed E-state index contributed by atoms with van der Waals surface area (Å²) in [5.41, 5.74) is 3.26. The number of benzene rings is 1. The highest BCUT2D eigenvalue weighted by Crippen LogP contribution is 2.38. The molecule has 7 heteroatoms. The number of hydrogen-bond donors (Lipinski definition) is 3. The number of hydrogen-bond acceptors (Lipinski definition) is 6. The molecule has 1 heterocycles. The van der Waals surface area contributed by atoms with E-state index in [4.69, 9.17) is 10.9 Å². The molecule has 1 aliphatic rings. The molecule has 1 aliphatic heterocycles. The minimum atomic E-state index is -0.408. The molecule has 7 nitrogen and oxygen atoms in total. The molecule has 1 aromatic carbocycles. The van der Waals surface area contributed by atoms with Crippen LogP contribution in [0.2, 0.25) is 0 Å². The number of para-hydroxylation sites is 1. The van der Waals surface area contributed by atoms with E-state index in [1.165, 1.54) is 0 Å². The fraction of sp³-hybridized carbons (Fsp3) is 0.538. The lowest BCUT2D eigenvalue weighted by Crippen LogP contribution is -2.40. The molecule has 0 bridgehead atoms. The lowest BCUT2D eigenvalue weighted by Gasteiger charge is -2.37. The number of hydrazine groups is 1. The van der Waals surface area contributed by atoms with Crippen LogP contribution in [0.25, 0.3) is 0 Å². The number of piperidine rings is 1. The zero-order valence-corrected chi connectivity index (χ0v) is 11.3. The summed E-state index contributed by atoms with van der Waals surface area (Å²) in [5, 5.41) is 20.5. The summed E-state index contributed by atoms with van der Waals surface area (Å²) in [6.07, 6.45) is 3.65. The Morgan fingerprint density at radius 3 is 2.95 bits per heavy atom. The smallest absolute Gasteiger partial charge is 0.316 e. The van der Waals surface area contributed by atoms with Gasteiger partial charge in [0.2, 0.25) is 0 Å². The van der Waals surface area contributed by atoms with E-state index >= 15 is 0 Å². The molecule has 0 saturated carbocycles. The van der Waals surface area contributed by atoms with Crippen molar-refractivity contribution in [1.29, 1.82) is 0 Å². The zero-order valence-electron chi connectivity index (χ0n) is 11.3. The van der Waals surface area contributed by atoms with Crippen LogP contribution in [-0.2, 0) is 0 Å². The van der Waals surface area contributed by atoms with E-state index in [9.17, 15) is 10.1 Å². The first-order valence-electron chi connectivity index (χ1n) is 6.80. The molecule has 1 atom stereocenters. The van der Waals surface area contributed by atoms with E-state index < -0.39 is 4.92 Å². The summed E-state index contributed by atoms with van der Waals surface area (Å²) in [5.74, 6) is 5.37. The van der Waals surface area contributed by atoms with Crippen LogP contribution in [0.4, 0.5) is 17.1 Å². The minimum absolute atomic E-state index is 0.000148. The first kappa shape index (κ1) is 14.5. The fourth-order valence-corrected chi connectivity index (χ4v) is 2.84. The van der Waals surface area contributed by atoms with E-state index in [-0.39, 0.29) is 18.3 Å². The molecule has 1 saturated heterocycles. The normalized spacial score (nSPS) is 18.9. The van der Waals surface area contributed by atoms with Crippen LogP contribution in [0.1, 0.15) is 25.7 Å². The average molecular weight is 280 g/mol. The van der Waals surface area contributed by atoms with Gasteiger partial charge in [-0.25, -0.2) is 0 Å². The first-order chi connectivity index (χ1) is 9.69. The first-order valence-corrected chi connectivity index (χ1v) is 6.80. The van der Waals surface area contributed by atoms with Crippen molar-refractivity contribution < 1.29 is 10.0 Å². The predicted molar refractivity (Wildman–Crippen MR) is 77.6 cm³/mol. The fourth-order valence-electron chi connectivity index (χ4n) is 2.84. The van der Waals surface area contributed by atoms with Crippen LogP contribution in [0.5, 0.6) is 0 Å². The number of aliphatic hydroxyl groups excluding tert-OH is 1. The Morgan fingerprint density at radius 1 is 1.50 bits per heavy atom. The summed E-state index contributed by atoms with van der Waals surface area (Å²) in [4.78, 5) is 13.0. The van der Waals surface area contributed by atoms with E-state index in [0.717, 1.165) is 25.8 Å². The second-order valence-electron chi connectivity index (χ2n) is 4.93. The summed E-state index contributed by atoms with van der Waals surface area (Å²) in [6, 6.07) is 5.23. The van der Waals surface area contributed by atoms with Gasteiger partial charge >= 0.3 is 5.69 Å². The summed E-state index contributed by atoms with van der Waals surface area (Å²) in [7, 11) is 0. The Labute approximate surface area is 117 Å². The highest BCUT2D eigenvalue weighted by atomic mass is 16.6. The van der Waals surface area contributed by atoms with Gasteiger partial charge in [0, 0.05) is 19.2 Å². The number of nitrogens with two attached hydrogens (primary N) is 1. The van der Waals surface area contributed by atoms with Gasteiger partial charge in [0.1, 0.15) is 11.4 Å². The lowest BCUT2D eigenvalue weighted by molar-refractivity contribution is -0.383. The Bertz CT molecular complexity index is 479. The van der Waals surface area contributed by atoms with Gasteiger partial charge in [-0.15, -0.1) is 0 Å². The zero-order chi connectivity index (χ0) is 14.5. The Morgan fingerprint density at radius 2 is 2.30 bits per heavy atom. The lowest BCUT2D eigenvalue weighted by atomic mass is 9.98. The Hall–Kier alpha value is -1.86. The SMILES string of the molecule is NNc1cccc(N2CCCCC2CCO)c1[N+](=O)[O-]. The molecule has 0 aromatic heterocycles. The van der Waals surface area contributed by atoms with Crippen molar-refractivity contribution in [3.63, 3.8) is 0 Å². The molecule has 1 aromatic rings. The molecule has 4 N–H and O–H groups in total. The molecule has 1 fully saturated rings. The van der Waals surface area contributed by atoms with Crippen LogP contribution in [-0.4, -0.2) is 29.2 Å². The van der Waals surface area contributed by atoms with Crippen molar-refractivity contribution in [2.24, 2.45) is 5.84 Å². The highest BCUT2D eigenvalue weighted by molar-refractivity contribution is 5.77. The number of nitrogen functional groups attached to an aromatic ring is 1. The van der Waals surface area contributed by atoms with Gasteiger partial charge in [0.05, 0.1) is 4.92 Å². The highest BCUT2D eigenvalue weighted by Gasteiger charge is 2.29. The van der Waals surface area contributed by atoms with Crippen molar-refractivity contribution in [3.05, 3.63) is 28.3 Å². The molecule has 0 aliphatic carbocycles. The maximum absolute atomic E-state index is 11.3. The molecular formula is C13H20N4O3. The largest absolute Gasteiger partial charge is 0.396 e. The van der Waals surface area contributed by atoms with E-state index in [1.54, 1.807) is 18.2 Å². The van der Waals surface area contributed by atoms with E-state index in [1.807, 2.05) is 4.90 Å². The van der Waals surface area contributed by atoms with Crippen molar-refractivity contribution in [1.82, 2.24) is 0 Å².